The van der Waals surface area contributed by atoms with Gasteiger partial charge in [0.25, 0.3) is 0 Å². The zero-order valence-corrected chi connectivity index (χ0v) is 9.44. The fourth-order valence-electron chi connectivity index (χ4n) is 2.77. The van der Waals surface area contributed by atoms with Gasteiger partial charge in [-0.15, -0.1) is 0 Å². The first kappa shape index (κ1) is 10.0. The highest BCUT2D eigenvalue weighted by Crippen LogP contribution is 2.37. The van der Waals surface area contributed by atoms with Crippen LogP contribution in [0.3, 0.4) is 0 Å². The Balaban J connectivity index is 2.79. The molecule has 0 spiro atoms. The Hall–Kier alpha value is -0.0400. The van der Waals surface area contributed by atoms with E-state index in [1.165, 1.54) is 13.0 Å². The van der Waals surface area contributed by atoms with Crippen molar-refractivity contribution in [3.8, 4) is 0 Å². The first-order chi connectivity index (χ1) is 5.23. The summed E-state index contributed by atoms with van der Waals surface area (Å²) < 4.78 is 0. The van der Waals surface area contributed by atoms with E-state index in [4.69, 9.17) is 0 Å². The summed E-state index contributed by atoms with van der Waals surface area (Å²) in [5, 5.41) is 0. The van der Waals surface area contributed by atoms with Gasteiger partial charge in [-0.25, -0.2) is 0 Å². The SMILES string of the molecule is C[C@H]1CN(C(C)(C)C)C(C)(C)C1. The third-order valence-corrected chi connectivity index (χ3v) is 2.88. The zero-order valence-electron chi connectivity index (χ0n) is 9.44. The molecule has 0 aromatic carbocycles. The molecule has 1 saturated heterocycles. The molecule has 0 bridgehead atoms. The summed E-state index contributed by atoms with van der Waals surface area (Å²) in [6, 6.07) is 0. The van der Waals surface area contributed by atoms with E-state index < -0.39 is 0 Å². The van der Waals surface area contributed by atoms with Gasteiger partial charge in [0, 0.05) is 17.6 Å². The van der Waals surface area contributed by atoms with E-state index in [0.717, 1.165) is 5.92 Å². The Morgan fingerprint density at radius 2 is 1.75 bits per heavy atom. The zero-order chi connectivity index (χ0) is 9.57. The van der Waals surface area contributed by atoms with Crippen molar-refractivity contribution in [2.45, 2.75) is 59.0 Å². The van der Waals surface area contributed by atoms with Crippen LogP contribution >= 0.6 is 0 Å². The minimum absolute atomic E-state index is 0.328. The third-order valence-electron chi connectivity index (χ3n) is 2.88. The second kappa shape index (κ2) is 2.73. The maximum Gasteiger partial charge on any atom is 0.0161 e. The largest absolute Gasteiger partial charge is 0.293 e. The second-order valence-electron chi connectivity index (χ2n) is 5.90. The molecule has 12 heavy (non-hydrogen) atoms. The Bertz CT molecular complexity index is 164. The van der Waals surface area contributed by atoms with E-state index >= 15 is 0 Å². The molecule has 1 heterocycles. The summed E-state index contributed by atoms with van der Waals surface area (Å²) in [4.78, 5) is 2.63. The van der Waals surface area contributed by atoms with Gasteiger partial charge in [0.2, 0.25) is 0 Å². The van der Waals surface area contributed by atoms with Crippen LogP contribution in [-0.4, -0.2) is 22.5 Å². The van der Waals surface area contributed by atoms with Crippen molar-refractivity contribution >= 4 is 0 Å². The summed E-state index contributed by atoms with van der Waals surface area (Å²) >= 11 is 0. The summed E-state index contributed by atoms with van der Waals surface area (Å²) in [5.41, 5.74) is 0.728. The van der Waals surface area contributed by atoms with E-state index in [2.05, 4.69) is 46.4 Å². The quantitative estimate of drug-likeness (QED) is 0.539. The van der Waals surface area contributed by atoms with Gasteiger partial charge < -0.3 is 0 Å². The highest BCUT2D eigenvalue weighted by molar-refractivity contribution is 4.96. The van der Waals surface area contributed by atoms with Gasteiger partial charge in [-0.05, 0) is 47.0 Å². The maximum absolute atomic E-state index is 2.63. The van der Waals surface area contributed by atoms with Gasteiger partial charge in [-0.1, -0.05) is 6.92 Å². The van der Waals surface area contributed by atoms with Gasteiger partial charge in [-0.3, -0.25) is 4.90 Å². The molecule has 1 aliphatic rings. The van der Waals surface area contributed by atoms with Crippen LogP contribution in [0.4, 0.5) is 0 Å². The molecule has 0 aromatic heterocycles. The number of likely N-dealkylation sites (tertiary alicyclic amines) is 1. The van der Waals surface area contributed by atoms with Crippen molar-refractivity contribution in [3.05, 3.63) is 0 Å². The fraction of sp³-hybridized carbons (Fsp3) is 1.00. The average molecular weight is 169 g/mol. The van der Waals surface area contributed by atoms with E-state index in [-0.39, 0.29) is 0 Å². The number of hydrogen-bond acceptors (Lipinski definition) is 1. The first-order valence-electron chi connectivity index (χ1n) is 5.01. The van der Waals surface area contributed by atoms with E-state index in [9.17, 15) is 0 Å². The molecule has 0 aromatic rings. The number of hydrogen-bond donors (Lipinski definition) is 0. The molecular weight excluding hydrogens is 146 g/mol. The predicted molar refractivity (Wildman–Crippen MR) is 54.3 cm³/mol. The summed E-state index contributed by atoms with van der Waals surface area (Å²) in [7, 11) is 0. The van der Waals surface area contributed by atoms with Crippen LogP contribution in [0.5, 0.6) is 0 Å². The molecule has 1 fully saturated rings. The molecule has 0 saturated carbocycles. The van der Waals surface area contributed by atoms with E-state index in [1.807, 2.05) is 0 Å². The Kier molecular flexibility index (Phi) is 2.28. The standard InChI is InChI=1S/C11H23N/c1-9-7-11(5,6)12(8-9)10(2,3)4/h9H,7-8H2,1-6H3/t9-/m1/s1. The van der Waals surface area contributed by atoms with Crippen LogP contribution in [0, 0.1) is 5.92 Å². The highest BCUT2D eigenvalue weighted by atomic mass is 15.3. The van der Waals surface area contributed by atoms with Crippen molar-refractivity contribution in [1.29, 1.82) is 0 Å². The van der Waals surface area contributed by atoms with Crippen LogP contribution in [0.25, 0.3) is 0 Å². The van der Waals surface area contributed by atoms with Crippen LogP contribution in [0.1, 0.15) is 48.0 Å². The van der Waals surface area contributed by atoms with Crippen molar-refractivity contribution in [3.63, 3.8) is 0 Å². The molecular formula is C11H23N. The van der Waals surface area contributed by atoms with Crippen molar-refractivity contribution in [1.82, 2.24) is 4.90 Å². The summed E-state index contributed by atoms with van der Waals surface area (Å²) in [6.07, 6.45) is 1.34. The molecule has 0 aliphatic carbocycles. The third kappa shape index (κ3) is 1.82. The lowest BCUT2D eigenvalue weighted by Crippen LogP contribution is -2.49. The minimum atomic E-state index is 0.328. The van der Waals surface area contributed by atoms with Crippen molar-refractivity contribution < 1.29 is 0 Å². The minimum Gasteiger partial charge on any atom is -0.293 e. The first-order valence-corrected chi connectivity index (χ1v) is 5.01. The molecule has 1 aliphatic heterocycles. The smallest absolute Gasteiger partial charge is 0.0161 e. The van der Waals surface area contributed by atoms with Crippen LogP contribution in [0.15, 0.2) is 0 Å². The lowest BCUT2D eigenvalue weighted by atomic mass is 9.94. The van der Waals surface area contributed by atoms with Gasteiger partial charge in [0.15, 0.2) is 0 Å². The van der Waals surface area contributed by atoms with Crippen LogP contribution < -0.4 is 0 Å². The lowest BCUT2D eigenvalue weighted by Gasteiger charge is -2.42. The van der Waals surface area contributed by atoms with Crippen LogP contribution in [-0.2, 0) is 0 Å². The molecule has 0 radical (unpaired) electrons. The second-order valence-corrected chi connectivity index (χ2v) is 5.90. The van der Waals surface area contributed by atoms with Crippen LogP contribution in [0.2, 0.25) is 0 Å². The van der Waals surface area contributed by atoms with Crippen molar-refractivity contribution in [2.75, 3.05) is 6.54 Å². The van der Waals surface area contributed by atoms with Gasteiger partial charge in [0.1, 0.15) is 0 Å². The van der Waals surface area contributed by atoms with Gasteiger partial charge in [-0.2, -0.15) is 0 Å². The molecule has 1 nitrogen and oxygen atoms in total. The summed E-state index contributed by atoms with van der Waals surface area (Å²) in [6.45, 7) is 15.3. The molecule has 1 atom stereocenters. The van der Waals surface area contributed by atoms with E-state index in [0.29, 0.717) is 11.1 Å². The highest BCUT2D eigenvalue weighted by Gasteiger charge is 2.41. The average Bonchev–Trinajstić information content (AvgIpc) is 2.02. The Morgan fingerprint density at radius 3 is 1.92 bits per heavy atom. The Labute approximate surface area is 77.1 Å². The molecule has 72 valence electrons. The Morgan fingerprint density at radius 1 is 1.25 bits per heavy atom. The number of rotatable bonds is 0. The predicted octanol–water partition coefficient (Wildman–Crippen LogP) is 2.91. The fourth-order valence-corrected chi connectivity index (χ4v) is 2.77. The molecule has 0 amide bonds. The summed E-state index contributed by atoms with van der Waals surface area (Å²) in [5.74, 6) is 0.860. The molecule has 0 unspecified atom stereocenters. The number of nitrogens with zero attached hydrogens (tertiary/aromatic N) is 1. The maximum atomic E-state index is 2.63. The molecule has 0 N–H and O–H groups in total. The van der Waals surface area contributed by atoms with Crippen molar-refractivity contribution in [2.24, 2.45) is 5.92 Å². The molecule has 1 heteroatoms. The van der Waals surface area contributed by atoms with E-state index in [1.54, 1.807) is 0 Å². The van der Waals surface area contributed by atoms with Gasteiger partial charge in [0.05, 0.1) is 0 Å². The molecule has 1 rings (SSSR count). The lowest BCUT2D eigenvalue weighted by molar-refractivity contribution is 0.0673. The topological polar surface area (TPSA) is 3.24 Å². The normalized spacial score (nSPS) is 31.0. The monoisotopic (exact) mass is 169 g/mol. The van der Waals surface area contributed by atoms with Gasteiger partial charge >= 0.3 is 0 Å².